The van der Waals surface area contributed by atoms with Crippen molar-refractivity contribution in [3.05, 3.63) is 45.8 Å². The van der Waals surface area contributed by atoms with Gasteiger partial charge in [0, 0.05) is 36.3 Å². The smallest absolute Gasteiger partial charge is 0.238 e. The molecule has 2 fully saturated rings. The molecule has 1 aromatic carbocycles. The van der Waals surface area contributed by atoms with Crippen LogP contribution in [0.4, 0.5) is 4.39 Å². The minimum Gasteiger partial charge on any atom is -0.353 e. The van der Waals surface area contributed by atoms with Crippen LogP contribution in [0.5, 0.6) is 0 Å². The molecule has 148 valence electrons. The minimum absolute atomic E-state index is 0.0739. The van der Waals surface area contributed by atoms with Crippen molar-refractivity contribution in [2.45, 2.75) is 43.4 Å². The average molecular weight is 379 g/mol. The SMILES string of the molecule is CN(C)C(CNC(=O)C1NNC2CCC([N+](=O)[O-])CC21)c1cccc(F)c1. The highest BCUT2D eigenvalue weighted by molar-refractivity contribution is 5.82. The molecule has 3 N–H and O–H groups in total. The van der Waals surface area contributed by atoms with E-state index in [0.29, 0.717) is 25.8 Å². The number of carbonyl (C=O) groups is 1. The Morgan fingerprint density at radius 1 is 1.41 bits per heavy atom. The lowest BCUT2D eigenvalue weighted by atomic mass is 9.79. The average Bonchev–Trinajstić information content (AvgIpc) is 3.04. The van der Waals surface area contributed by atoms with Gasteiger partial charge in [-0.05, 0) is 38.2 Å². The summed E-state index contributed by atoms with van der Waals surface area (Å²) in [6, 6.07) is 5.13. The van der Waals surface area contributed by atoms with Crippen LogP contribution in [-0.4, -0.2) is 54.5 Å². The van der Waals surface area contributed by atoms with Crippen LogP contribution < -0.4 is 16.2 Å². The van der Waals surface area contributed by atoms with Gasteiger partial charge in [0.25, 0.3) is 0 Å². The van der Waals surface area contributed by atoms with E-state index in [-0.39, 0.29) is 34.6 Å². The molecule has 9 heteroatoms. The highest BCUT2D eigenvalue weighted by Crippen LogP contribution is 2.31. The van der Waals surface area contributed by atoms with E-state index < -0.39 is 12.1 Å². The van der Waals surface area contributed by atoms with Gasteiger partial charge in [0.1, 0.15) is 11.9 Å². The summed E-state index contributed by atoms with van der Waals surface area (Å²) < 4.78 is 13.5. The fourth-order valence-corrected chi connectivity index (χ4v) is 4.10. The number of halogens is 1. The number of amides is 1. The molecule has 0 bridgehead atoms. The number of nitrogens with zero attached hydrogens (tertiary/aromatic N) is 2. The van der Waals surface area contributed by atoms with Gasteiger partial charge in [-0.3, -0.25) is 20.3 Å². The molecule has 3 rings (SSSR count). The fourth-order valence-electron chi connectivity index (χ4n) is 4.10. The molecule has 1 saturated carbocycles. The summed E-state index contributed by atoms with van der Waals surface area (Å²) in [5, 5.41) is 14.0. The Morgan fingerprint density at radius 3 is 2.85 bits per heavy atom. The van der Waals surface area contributed by atoms with Crippen molar-refractivity contribution in [2.75, 3.05) is 20.6 Å². The molecule has 5 unspecified atom stereocenters. The standard InChI is InChI=1S/C18H26FN5O3/c1-23(2)16(11-4-3-5-12(19)8-11)10-20-18(25)17-14-9-13(24(26)27)6-7-15(14)21-22-17/h3-5,8,13-17,21-22H,6-7,9-10H2,1-2H3,(H,20,25). The summed E-state index contributed by atoms with van der Waals surface area (Å²) in [5.74, 6) is -0.619. The Labute approximate surface area is 157 Å². The Balaban J connectivity index is 1.63. The van der Waals surface area contributed by atoms with Crippen molar-refractivity contribution < 1.29 is 14.1 Å². The van der Waals surface area contributed by atoms with Gasteiger partial charge in [0.15, 0.2) is 0 Å². The summed E-state index contributed by atoms with van der Waals surface area (Å²) >= 11 is 0. The second-order valence-electron chi connectivity index (χ2n) is 7.57. The predicted molar refractivity (Wildman–Crippen MR) is 97.8 cm³/mol. The molecule has 1 amide bonds. The largest absolute Gasteiger partial charge is 0.353 e. The van der Waals surface area contributed by atoms with Crippen molar-refractivity contribution in [3.63, 3.8) is 0 Å². The molecule has 27 heavy (non-hydrogen) atoms. The number of hydrazine groups is 1. The number of benzene rings is 1. The Kier molecular flexibility index (Phi) is 6.03. The van der Waals surface area contributed by atoms with Gasteiger partial charge in [-0.2, -0.15) is 0 Å². The Hall–Kier alpha value is -2.10. The number of nitro groups is 1. The van der Waals surface area contributed by atoms with Crippen LogP contribution in [0.3, 0.4) is 0 Å². The molecule has 1 aliphatic heterocycles. The van der Waals surface area contributed by atoms with E-state index in [1.165, 1.54) is 12.1 Å². The maximum Gasteiger partial charge on any atom is 0.238 e. The molecule has 1 aromatic rings. The summed E-state index contributed by atoms with van der Waals surface area (Å²) in [5.41, 5.74) is 6.89. The molecule has 5 atom stereocenters. The zero-order chi connectivity index (χ0) is 19.6. The van der Waals surface area contributed by atoms with Crippen LogP contribution in [0, 0.1) is 21.8 Å². The molecular weight excluding hydrogens is 353 g/mol. The number of likely N-dealkylation sites (N-methyl/N-ethyl adjacent to an activating group) is 1. The fraction of sp³-hybridized carbons (Fsp3) is 0.611. The van der Waals surface area contributed by atoms with Gasteiger partial charge < -0.3 is 10.2 Å². The second-order valence-corrected chi connectivity index (χ2v) is 7.57. The molecule has 1 heterocycles. The predicted octanol–water partition coefficient (Wildman–Crippen LogP) is 0.835. The highest BCUT2D eigenvalue weighted by atomic mass is 19.1. The lowest BCUT2D eigenvalue weighted by Gasteiger charge is -2.29. The molecule has 0 radical (unpaired) electrons. The first kappa shape index (κ1) is 19.7. The van der Waals surface area contributed by atoms with Crippen molar-refractivity contribution in [1.29, 1.82) is 0 Å². The number of nitrogens with one attached hydrogen (secondary N) is 3. The van der Waals surface area contributed by atoms with Crippen LogP contribution in [0.15, 0.2) is 24.3 Å². The minimum atomic E-state index is -0.593. The zero-order valence-electron chi connectivity index (χ0n) is 15.5. The molecule has 1 saturated heterocycles. The third-order valence-electron chi connectivity index (χ3n) is 5.63. The van der Waals surface area contributed by atoms with Crippen molar-refractivity contribution in [1.82, 2.24) is 21.1 Å². The third-order valence-corrected chi connectivity index (χ3v) is 5.63. The van der Waals surface area contributed by atoms with Gasteiger partial charge in [-0.15, -0.1) is 0 Å². The number of hydrogen-bond donors (Lipinski definition) is 3. The van der Waals surface area contributed by atoms with Crippen LogP contribution in [-0.2, 0) is 4.79 Å². The van der Waals surface area contributed by atoms with Crippen LogP contribution in [0.25, 0.3) is 0 Å². The van der Waals surface area contributed by atoms with Crippen LogP contribution in [0.1, 0.15) is 30.9 Å². The summed E-state index contributed by atoms with van der Waals surface area (Å²) in [7, 11) is 3.74. The van der Waals surface area contributed by atoms with Gasteiger partial charge in [-0.25, -0.2) is 9.82 Å². The van der Waals surface area contributed by atoms with E-state index >= 15 is 0 Å². The summed E-state index contributed by atoms with van der Waals surface area (Å²) in [6.45, 7) is 0.323. The zero-order valence-corrected chi connectivity index (χ0v) is 15.5. The van der Waals surface area contributed by atoms with E-state index in [2.05, 4.69) is 16.2 Å². The second kappa shape index (κ2) is 8.28. The van der Waals surface area contributed by atoms with Crippen molar-refractivity contribution >= 4 is 5.91 Å². The van der Waals surface area contributed by atoms with Crippen molar-refractivity contribution in [3.8, 4) is 0 Å². The van der Waals surface area contributed by atoms with Crippen LogP contribution in [0.2, 0.25) is 0 Å². The number of hydrogen-bond acceptors (Lipinski definition) is 6. The van der Waals surface area contributed by atoms with Gasteiger partial charge in [0.2, 0.25) is 11.9 Å². The summed E-state index contributed by atoms with van der Waals surface area (Å²) in [4.78, 5) is 25.5. The first-order chi connectivity index (χ1) is 12.9. The maximum absolute atomic E-state index is 13.5. The van der Waals surface area contributed by atoms with Crippen LogP contribution >= 0.6 is 0 Å². The summed E-state index contributed by atoms with van der Waals surface area (Å²) in [6.07, 6.45) is 1.59. The molecule has 0 aromatic heterocycles. The van der Waals surface area contributed by atoms with Gasteiger partial charge >= 0.3 is 0 Å². The Morgan fingerprint density at radius 2 is 2.19 bits per heavy atom. The normalized spacial score (nSPS) is 28.6. The highest BCUT2D eigenvalue weighted by Gasteiger charge is 2.46. The first-order valence-corrected chi connectivity index (χ1v) is 9.21. The first-order valence-electron chi connectivity index (χ1n) is 9.21. The number of fused-ring (bicyclic) bond motifs is 1. The lowest BCUT2D eigenvalue weighted by molar-refractivity contribution is -0.528. The van der Waals surface area contributed by atoms with Gasteiger partial charge in [-0.1, -0.05) is 12.1 Å². The monoisotopic (exact) mass is 379 g/mol. The van der Waals surface area contributed by atoms with E-state index in [9.17, 15) is 19.3 Å². The lowest BCUT2D eigenvalue weighted by Crippen LogP contribution is -2.48. The topological polar surface area (TPSA) is 99.5 Å². The molecule has 1 aliphatic carbocycles. The maximum atomic E-state index is 13.5. The number of carbonyl (C=O) groups excluding carboxylic acids is 1. The quantitative estimate of drug-likeness (QED) is 0.500. The van der Waals surface area contributed by atoms with E-state index in [1.807, 2.05) is 25.1 Å². The molecule has 2 aliphatic rings. The molecule has 0 spiro atoms. The molecule has 8 nitrogen and oxygen atoms in total. The Bertz CT molecular complexity index is 701. The van der Waals surface area contributed by atoms with Crippen molar-refractivity contribution in [2.24, 2.45) is 5.92 Å². The molecular formula is C18H26FN5O3. The van der Waals surface area contributed by atoms with E-state index in [0.717, 1.165) is 5.56 Å². The third kappa shape index (κ3) is 4.42. The van der Waals surface area contributed by atoms with Gasteiger partial charge in [0.05, 0.1) is 6.04 Å². The van der Waals surface area contributed by atoms with E-state index in [4.69, 9.17) is 0 Å². The van der Waals surface area contributed by atoms with E-state index in [1.54, 1.807) is 6.07 Å². The number of rotatable bonds is 6.